The molecule has 4 N–H and O–H groups in total. The van der Waals surface area contributed by atoms with Gasteiger partial charge in [0, 0.05) is 34.5 Å². The predicted molar refractivity (Wildman–Crippen MR) is 86.0 cm³/mol. The Bertz CT molecular complexity index is 743. The summed E-state index contributed by atoms with van der Waals surface area (Å²) < 4.78 is 0. The summed E-state index contributed by atoms with van der Waals surface area (Å²) in [6.07, 6.45) is 3.51. The zero-order valence-corrected chi connectivity index (χ0v) is 11.5. The van der Waals surface area contributed by atoms with Crippen molar-refractivity contribution in [2.24, 2.45) is 0 Å². The van der Waals surface area contributed by atoms with E-state index in [0.717, 1.165) is 27.7 Å². The van der Waals surface area contributed by atoms with Crippen LogP contribution in [0.15, 0.2) is 60.9 Å². The molecule has 4 heteroatoms. The number of nitrogens with two attached hydrogens (primary N) is 1. The molecule has 0 radical (unpaired) electrons. The van der Waals surface area contributed by atoms with E-state index in [1.54, 1.807) is 12.4 Å². The second-order valence-corrected chi connectivity index (χ2v) is 4.91. The number of nitrogen functional groups attached to an aromatic ring is 1. The molecule has 0 spiro atoms. The molecule has 1 atom stereocenters. The number of aliphatic hydroxyl groups is 1. The number of benzene rings is 2. The Morgan fingerprint density at radius 1 is 1.05 bits per heavy atom. The third-order valence-electron chi connectivity index (χ3n) is 3.57. The monoisotopic (exact) mass is 279 g/mol. The van der Waals surface area contributed by atoms with Crippen molar-refractivity contribution < 1.29 is 5.11 Å². The largest absolute Gasteiger partial charge is 0.398 e. The van der Waals surface area contributed by atoms with E-state index >= 15 is 0 Å². The highest BCUT2D eigenvalue weighted by atomic mass is 16.3. The molecular formula is C17H17N3O. The molecule has 21 heavy (non-hydrogen) atoms. The summed E-state index contributed by atoms with van der Waals surface area (Å²) in [6.45, 7) is 0.0101. The molecule has 0 bridgehead atoms. The number of pyridine rings is 1. The Balaban J connectivity index is 1.99. The lowest BCUT2D eigenvalue weighted by Gasteiger charge is -2.19. The number of rotatable bonds is 4. The van der Waals surface area contributed by atoms with Crippen LogP contribution in [0.3, 0.4) is 0 Å². The van der Waals surface area contributed by atoms with Gasteiger partial charge in [-0.1, -0.05) is 30.3 Å². The summed E-state index contributed by atoms with van der Waals surface area (Å²) in [5, 5.41) is 14.9. The summed E-state index contributed by atoms with van der Waals surface area (Å²) in [4.78, 5) is 4.16. The fourth-order valence-electron chi connectivity index (χ4n) is 2.45. The van der Waals surface area contributed by atoms with Gasteiger partial charge in [0.05, 0.1) is 12.6 Å². The smallest absolute Gasteiger partial charge is 0.0745 e. The van der Waals surface area contributed by atoms with Gasteiger partial charge in [-0.3, -0.25) is 4.98 Å². The maximum atomic E-state index is 9.66. The van der Waals surface area contributed by atoms with Gasteiger partial charge in [-0.15, -0.1) is 0 Å². The van der Waals surface area contributed by atoms with E-state index in [2.05, 4.69) is 10.3 Å². The van der Waals surface area contributed by atoms with Crippen molar-refractivity contribution in [2.45, 2.75) is 6.04 Å². The molecule has 0 amide bonds. The van der Waals surface area contributed by atoms with E-state index in [0.29, 0.717) is 0 Å². The quantitative estimate of drug-likeness (QED) is 0.642. The van der Waals surface area contributed by atoms with Crippen LogP contribution in [0.4, 0.5) is 11.4 Å². The van der Waals surface area contributed by atoms with Crippen LogP contribution >= 0.6 is 0 Å². The summed E-state index contributed by atoms with van der Waals surface area (Å²) in [7, 11) is 0. The van der Waals surface area contributed by atoms with E-state index in [9.17, 15) is 5.11 Å². The van der Waals surface area contributed by atoms with Gasteiger partial charge >= 0.3 is 0 Å². The number of hydrogen-bond acceptors (Lipinski definition) is 4. The average molecular weight is 279 g/mol. The lowest BCUT2D eigenvalue weighted by Crippen LogP contribution is -2.15. The van der Waals surface area contributed by atoms with Crippen molar-refractivity contribution in [1.29, 1.82) is 0 Å². The molecule has 106 valence electrons. The van der Waals surface area contributed by atoms with Crippen molar-refractivity contribution in [3.63, 3.8) is 0 Å². The first-order valence-electron chi connectivity index (χ1n) is 6.84. The molecule has 0 aliphatic rings. The van der Waals surface area contributed by atoms with Crippen LogP contribution < -0.4 is 11.1 Å². The van der Waals surface area contributed by atoms with Gasteiger partial charge in [-0.05, 0) is 23.8 Å². The van der Waals surface area contributed by atoms with Crippen LogP contribution in [0.2, 0.25) is 0 Å². The van der Waals surface area contributed by atoms with Crippen LogP contribution in [0.5, 0.6) is 0 Å². The Kier molecular flexibility index (Phi) is 3.71. The molecule has 0 fully saturated rings. The number of fused-ring (bicyclic) bond motifs is 1. The lowest BCUT2D eigenvalue weighted by atomic mass is 10.1. The number of nitrogens with zero attached hydrogens (tertiary/aromatic N) is 1. The first kappa shape index (κ1) is 13.4. The van der Waals surface area contributed by atoms with Crippen LogP contribution in [0.25, 0.3) is 10.8 Å². The molecule has 4 nitrogen and oxygen atoms in total. The van der Waals surface area contributed by atoms with Crippen molar-refractivity contribution in [1.82, 2.24) is 4.98 Å². The van der Waals surface area contributed by atoms with E-state index in [4.69, 9.17) is 5.73 Å². The maximum Gasteiger partial charge on any atom is 0.0745 e. The molecule has 1 unspecified atom stereocenters. The number of anilines is 2. The van der Waals surface area contributed by atoms with Crippen molar-refractivity contribution in [2.75, 3.05) is 17.7 Å². The molecule has 0 saturated carbocycles. The number of aromatic nitrogens is 1. The Morgan fingerprint density at radius 3 is 2.62 bits per heavy atom. The Morgan fingerprint density at radius 2 is 1.86 bits per heavy atom. The molecule has 3 aromatic rings. The molecule has 1 heterocycles. The highest BCUT2D eigenvalue weighted by molar-refractivity contribution is 6.00. The van der Waals surface area contributed by atoms with E-state index < -0.39 is 0 Å². The second-order valence-electron chi connectivity index (χ2n) is 4.91. The highest BCUT2D eigenvalue weighted by Gasteiger charge is 2.12. The van der Waals surface area contributed by atoms with Crippen LogP contribution in [-0.4, -0.2) is 16.7 Å². The van der Waals surface area contributed by atoms with Gasteiger partial charge < -0.3 is 16.2 Å². The minimum absolute atomic E-state index is 0.0101. The molecule has 2 aromatic carbocycles. The van der Waals surface area contributed by atoms with Crippen molar-refractivity contribution in [3.8, 4) is 0 Å². The summed E-state index contributed by atoms with van der Waals surface area (Å²) in [6, 6.07) is 15.4. The van der Waals surface area contributed by atoms with Crippen LogP contribution in [-0.2, 0) is 0 Å². The highest BCUT2D eigenvalue weighted by Crippen LogP contribution is 2.30. The van der Waals surface area contributed by atoms with Crippen molar-refractivity contribution in [3.05, 3.63) is 66.5 Å². The molecular weight excluding hydrogens is 262 g/mol. The summed E-state index contributed by atoms with van der Waals surface area (Å²) in [5.74, 6) is 0. The fraction of sp³-hybridized carbons (Fsp3) is 0.118. The van der Waals surface area contributed by atoms with Crippen molar-refractivity contribution >= 4 is 22.1 Å². The zero-order valence-electron chi connectivity index (χ0n) is 11.5. The minimum atomic E-state index is -0.168. The third kappa shape index (κ3) is 2.66. The molecule has 1 aromatic heterocycles. The van der Waals surface area contributed by atoms with Crippen LogP contribution in [0.1, 0.15) is 11.6 Å². The molecule has 3 rings (SSSR count). The van der Waals surface area contributed by atoms with Gasteiger partial charge in [-0.2, -0.15) is 0 Å². The number of aliphatic hydroxyl groups excluding tert-OH is 1. The normalized spacial score (nSPS) is 12.2. The van der Waals surface area contributed by atoms with Gasteiger partial charge in [0.25, 0.3) is 0 Å². The third-order valence-corrected chi connectivity index (χ3v) is 3.57. The Labute approximate surface area is 123 Å². The average Bonchev–Trinajstić information content (AvgIpc) is 2.55. The van der Waals surface area contributed by atoms with Gasteiger partial charge in [0.15, 0.2) is 0 Å². The van der Waals surface area contributed by atoms with E-state index in [1.165, 1.54) is 0 Å². The fourth-order valence-corrected chi connectivity index (χ4v) is 2.45. The van der Waals surface area contributed by atoms with Gasteiger partial charge in [0.2, 0.25) is 0 Å². The predicted octanol–water partition coefficient (Wildman–Crippen LogP) is 2.96. The topological polar surface area (TPSA) is 71.2 Å². The Hall–Kier alpha value is -2.59. The zero-order chi connectivity index (χ0) is 14.7. The lowest BCUT2D eigenvalue weighted by molar-refractivity contribution is 0.276. The summed E-state index contributed by atoms with van der Waals surface area (Å²) >= 11 is 0. The van der Waals surface area contributed by atoms with Crippen LogP contribution in [0, 0.1) is 0 Å². The molecule has 0 aliphatic carbocycles. The van der Waals surface area contributed by atoms with E-state index in [1.807, 2.05) is 48.5 Å². The second kappa shape index (κ2) is 5.81. The van der Waals surface area contributed by atoms with Gasteiger partial charge in [0.1, 0.15) is 0 Å². The van der Waals surface area contributed by atoms with Gasteiger partial charge in [-0.25, -0.2) is 0 Å². The standard InChI is InChI=1S/C17H17N3O/c18-15-6-7-16(14-10-19-9-8-13(14)15)20-17(11-21)12-4-2-1-3-5-12/h1-10,17,20-21H,11,18H2. The first-order chi connectivity index (χ1) is 10.3. The molecule has 0 aliphatic heterocycles. The summed E-state index contributed by atoms with van der Waals surface area (Å²) in [5.41, 5.74) is 8.66. The number of hydrogen-bond donors (Lipinski definition) is 3. The SMILES string of the molecule is Nc1ccc(NC(CO)c2ccccc2)c2cnccc12. The first-order valence-corrected chi connectivity index (χ1v) is 6.84. The van der Waals surface area contributed by atoms with E-state index in [-0.39, 0.29) is 12.6 Å². The minimum Gasteiger partial charge on any atom is -0.398 e. The number of nitrogens with one attached hydrogen (secondary N) is 1. The maximum absolute atomic E-state index is 9.66. The molecule has 0 saturated heterocycles.